The van der Waals surface area contributed by atoms with Gasteiger partial charge in [0.2, 0.25) is 0 Å². The van der Waals surface area contributed by atoms with Gasteiger partial charge >= 0.3 is 0 Å². The SMILES string of the molecule is [B]c1cc([B])c2c(c1[B])c1c([B])c([B])cc([B])c1n2-c1cc(-c2ccccc2)c2oc3cc(-c4nc(-c5ccccc5)nc(-c5ccc6c(c5)oc5ccccc56)n4)ccc3c2c1. The summed E-state index contributed by atoms with van der Waals surface area (Å²) in [7, 11) is 39.8. The third-order valence-electron chi connectivity index (χ3n) is 12.0. The molecule has 0 spiro atoms. The number of benzene rings is 8. The van der Waals surface area contributed by atoms with Crippen LogP contribution in [0.3, 0.4) is 0 Å². The van der Waals surface area contributed by atoms with Gasteiger partial charge in [0.25, 0.3) is 0 Å². The fraction of sp³-hybridized carbons (Fsp3) is 0. The summed E-state index contributed by atoms with van der Waals surface area (Å²) in [5, 5.41) is 4.95. The lowest BCUT2D eigenvalue weighted by Gasteiger charge is -2.15. The van der Waals surface area contributed by atoms with E-state index in [1.807, 2.05) is 114 Å². The van der Waals surface area contributed by atoms with Crippen LogP contribution in [0.5, 0.6) is 0 Å². The predicted octanol–water partition coefficient (Wildman–Crippen LogP) is 6.20. The smallest absolute Gasteiger partial charge is 0.164 e. The number of furan rings is 2. The Balaban J connectivity index is 1.09. The van der Waals surface area contributed by atoms with E-state index in [2.05, 4.69) is 24.3 Å². The minimum Gasteiger partial charge on any atom is -0.456 e. The average Bonchev–Trinajstić information content (AvgIpc) is 4.00. The summed E-state index contributed by atoms with van der Waals surface area (Å²) in [6, 6.07) is 47.4. The minimum absolute atomic E-state index is 0.324. The molecular formula is C51H24B6N4O2. The van der Waals surface area contributed by atoms with Crippen molar-refractivity contribution in [1.29, 1.82) is 0 Å². The van der Waals surface area contributed by atoms with Crippen molar-refractivity contribution in [3.05, 3.63) is 146 Å². The molecule has 0 unspecified atom stereocenters. The molecule has 0 aliphatic rings. The van der Waals surface area contributed by atoms with Crippen molar-refractivity contribution in [2.45, 2.75) is 0 Å². The third kappa shape index (κ3) is 5.77. The van der Waals surface area contributed by atoms with Crippen LogP contribution >= 0.6 is 0 Å². The molecule has 0 aliphatic heterocycles. The van der Waals surface area contributed by atoms with E-state index in [0.29, 0.717) is 83.2 Å². The van der Waals surface area contributed by atoms with Crippen LogP contribution in [-0.2, 0) is 0 Å². The van der Waals surface area contributed by atoms with Gasteiger partial charge in [-0.1, -0.05) is 125 Å². The topological polar surface area (TPSA) is 69.9 Å². The fourth-order valence-electron chi connectivity index (χ4n) is 9.00. The van der Waals surface area contributed by atoms with Crippen molar-refractivity contribution in [1.82, 2.24) is 19.5 Å². The second-order valence-corrected chi connectivity index (χ2v) is 15.8. The highest BCUT2D eigenvalue weighted by Crippen LogP contribution is 2.41. The highest BCUT2D eigenvalue weighted by atomic mass is 16.3. The van der Waals surface area contributed by atoms with Crippen LogP contribution in [0.4, 0.5) is 0 Å². The standard InChI is InChI=1S/C51H24B6N4O2/c52-35-23-37(54)46-42(44(35)56)43-45(57)36(53)24-38(55)47(43)61(46)29-21-33(25-9-3-1-4-10-25)48-34(22-29)32-18-16-28(20-41(32)63-48)51-59-49(26-11-5-2-6-12-26)58-50(60-51)27-15-17-31-30-13-7-8-14-39(30)62-40(31)19-27/h1-24H. The zero-order chi connectivity index (χ0) is 42.7. The summed E-state index contributed by atoms with van der Waals surface area (Å²) in [5.74, 6) is 1.53. The van der Waals surface area contributed by atoms with Crippen LogP contribution in [0, 0.1) is 0 Å². The van der Waals surface area contributed by atoms with E-state index in [1.165, 1.54) is 0 Å². The lowest BCUT2D eigenvalue weighted by Crippen LogP contribution is -2.33. The summed E-state index contributed by atoms with van der Waals surface area (Å²) in [5.41, 5.74) is 11.1. The number of hydrogen-bond acceptors (Lipinski definition) is 5. The summed E-state index contributed by atoms with van der Waals surface area (Å²) < 4.78 is 15.1. The highest BCUT2D eigenvalue weighted by molar-refractivity contribution is 6.62. The first-order valence-corrected chi connectivity index (χ1v) is 20.2. The van der Waals surface area contributed by atoms with Gasteiger partial charge in [0.05, 0.1) is 0 Å². The Bertz CT molecular complexity index is 3810. The van der Waals surface area contributed by atoms with Crippen LogP contribution in [0.2, 0.25) is 0 Å². The van der Waals surface area contributed by atoms with Crippen LogP contribution in [-0.4, -0.2) is 66.6 Å². The van der Waals surface area contributed by atoms with Gasteiger partial charge < -0.3 is 13.4 Å². The molecule has 12 heteroatoms. The Morgan fingerprint density at radius 3 is 1.48 bits per heavy atom. The van der Waals surface area contributed by atoms with Crippen molar-refractivity contribution in [3.8, 4) is 51.0 Å². The number of rotatable bonds is 5. The van der Waals surface area contributed by atoms with Gasteiger partial charge in [-0.3, -0.25) is 0 Å². The Morgan fingerprint density at radius 1 is 0.381 bits per heavy atom. The number of aromatic nitrogens is 4. The molecule has 12 aromatic rings. The first-order chi connectivity index (χ1) is 30.7. The maximum Gasteiger partial charge on any atom is 0.164 e. The largest absolute Gasteiger partial charge is 0.456 e. The number of fused-ring (bicyclic) bond motifs is 9. The van der Waals surface area contributed by atoms with E-state index in [9.17, 15) is 0 Å². The van der Waals surface area contributed by atoms with E-state index in [1.54, 1.807) is 12.1 Å². The molecule has 278 valence electrons. The zero-order valence-corrected chi connectivity index (χ0v) is 33.4. The van der Waals surface area contributed by atoms with Gasteiger partial charge in [0, 0.05) is 60.5 Å². The van der Waals surface area contributed by atoms with E-state index < -0.39 is 0 Å². The van der Waals surface area contributed by atoms with Crippen LogP contribution < -0.4 is 32.8 Å². The van der Waals surface area contributed by atoms with Crippen molar-refractivity contribution in [2.75, 3.05) is 0 Å². The maximum atomic E-state index is 6.86. The third-order valence-corrected chi connectivity index (χ3v) is 12.0. The molecule has 0 saturated carbocycles. The molecule has 0 aliphatic carbocycles. The first kappa shape index (κ1) is 37.3. The van der Waals surface area contributed by atoms with E-state index >= 15 is 0 Å². The molecule has 0 N–H and O–H groups in total. The van der Waals surface area contributed by atoms with Crippen molar-refractivity contribution >= 4 is 146 Å². The quantitative estimate of drug-likeness (QED) is 0.195. The molecule has 0 fully saturated rings. The Labute approximate surface area is 368 Å². The van der Waals surface area contributed by atoms with Gasteiger partial charge in [0.15, 0.2) is 17.5 Å². The van der Waals surface area contributed by atoms with Crippen molar-refractivity contribution in [3.63, 3.8) is 0 Å². The second-order valence-electron chi connectivity index (χ2n) is 15.8. The fourth-order valence-corrected chi connectivity index (χ4v) is 9.00. The van der Waals surface area contributed by atoms with E-state index in [0.717, 1.165) is 66.2 Å². The zero-order valence-electron chi connectivity index (χ0n) is 33.4. The average molecular weight is 790 g/mol. The molecule has 63 heavy (non-hydrogen) atoms. The number of nitrogens with zero attached hydrogens (tertiary/aromatic N) is 4. The van der Waals surface area contributed by atoms with Gasteiger partial charge in [-0.25, -0.2) is 15.0 Å². The molecule has 0 bridgehead atoms. The van der Waals surface area contributed by atoms with Crippen LogP contribution in [0.15, 0.2) is 154 Å². The van der Waals surface area contributed by atoms with Crippen LogP contribution in [0.25, 0.3) is 117 Å². The molecule has 0 amide bonds. The molecule has 0 atom stereocenters. The van der Waals surface area contributed by atoms with Gasteiger partial charge in [-0.05, 0) is 58.8 Å². The summed E-state index contributed by atoms with van der Waals surface area (Å²) in [6.45, 7) is 0. The molecule has 6 nitrogen and oxygen atoms in total. The maximum absolute atomic E-state index is 6.86. The summed E-state index contributed by atoms with van der Waals surface area (Å²) >= 11 is 0. The molecule has 4 aromatic heterocycles. The molecular weight excluding hydrogens is 765 g/mol. The first-order valence-electron chi connectivity index (χ1n) is 20.2. The van der Waals surface area contributed by atoms with Crippen molar-refractivity contribution in [2.24, 2.45) is 0 Å². The molecule has 12 radical (unpaired) electrons. The monoisotopic (exact) mass is 790 g/mol. The van der Waals surface area contributed by atoms with E-state index in [-0.39, 0.29) is 0 Å². The highest BCUT2D eigenvalue weighted by Gasteiger charge is 2.23. The number of hydrogen-bond donors (Lipinski definition) is 0. The Kier molecular flexibility index (Phi) is 8.32. The second kappa shape index (κ2) is 14.0. The Hall–Kier alpha value is -7.44. The summed E-state index contributed by atoms with van der Waals surface area (Å²) in [4.78, 5) is 15.1. The molecule has 4 heterocycles. The van der Waals surface area contributed by atoms with Gasteiger partial charge in [0.1, 0.15) is 69.4 Å². The molecule has 0 saturated heterocycles. The lowest BCUT2D eigenvalue weighted by molar-refractivity contribution is 0.669. The number of para-hydroxylation sites is 1. The normalized spacial score (nSPS) is 11.9. The molecule has 8 aromatic carbocycles. The van der Waals surface area contributed by atoms with E-state index in [4.69, 9.17) is 70.9 Å². The van der Waals surface area contributed by atoms with Gasteiger partial charge in [-0.2, -0.15) is 0 Å². The Morgan fingerprint density at radius 2 is 0.873 bits per heavy atom. The predicted molar refractivity (Wildman–Crippen MR) is 263 cm³/mol. The van der Waals surface area contributed by atoms with Gasteiger partial charge in [-0.15, -0.1) is 10.9 Å². The molecule has 12 rings (SSSR count). The van der Waals surface area contributed by atoms with Crippen LogP contribution in [0.1, 0.15) is 0 Å². The lowest BCUT2D eigenvalue weighted by atomic mass is 9.71. The van der Waals surface area contributed by atoms with Crippen molar-refractivity contribution < 1.29 is 8.83 Å². The summed E-state index contributed by atoms with van der Waals surface area (Å²) in [6.07, 6.45) is 0. The minimum atomic E-state index is 0.324.